The summed E-state index contributed by atoms with van der Waals surface area (Å²) in [6, 6.07) is 5.02. The van der Waals surface area contributed by atoms with Gasteiger partial charge in [0.15, 0.2) is 0 Å². The third kappa shape index (κ3) is 7.57. The number of aromatic hydroxyl groups is 1. The Kier molecular flexibility index (Phi) is 8.66. The fourth-order valence-corrected chi connectivity index (χ4v) is 2.96. The zero-order valence-corrected chi connectivity index (χ0v) is 17.9. The monoisotopic (exact) mass is 393 g/mol. The fourth-order valence-electron chi connectivity index (χ4n) is 2.96. The maximum Gasteiger partial charge on any atom is 0.343 e. The molecule has 1 N–H and O–H groups in total. The Bertz CT molecular complexity index is 946. The average Bonchev–Trinajstić information content (AvgIpc) is 2.67. The van der Waals surface area contributed by atoms with Gasteiger partial charge in [-0.1, -0.05) is 34.9 Å². The Morgan fingerprint density at radius 1 is 1.07 bits per heavy atom. The number of allylic oxidation sites excluding steroid dienone is 6. The zero-order valence-electron chi connectivity index (χ0n) is 17.9. The summed E-state index contributed by atoms with van der Waals surface area (Å²) in [5, 5.41) is 10.3. The van der Waals surface area contributed by atoms with Crippen LogP contribution >= 0.6 is 0 Å². The van der Waals surface area contributed by atoms with Crippen LogP contribution in [0.4, 0.5) is 0 Å². The number of hydrogen-bond donors (Lipinski definition) is 1. The molecule has 29 heavy (non-hydrogen) atoms. The first-order valence-corrected chi connectivity index (χ1v) is 10.1. The van der Waals surface area contributed by atoms with Gasteiger partial charge in [-0.05, 0) is 65.5 Å². The van der Waals surface area contributed by atoms with Gasteiger partial charge in [0.2, 0.25) is 0 Å². The second kappa shape index (κ2) is 11.2. The topological polar surface area (TPSA) is 63.3 Å². The first kappa shape index (κ1) is 22.4. The molecule has 0 saturated heterocycles. The van der Waals surface area contributed by atoms with Crippen molar-refractivity contribution >= 4 is 0 Å². The average molecular weight is 394 g/mol. The molecule has 2 heterocycles. The van der Waals surface area contributed by atoms with Crippen molar-refractivity contribution in [2.24, 2.45) is 0 Å². The lowest BCUT2D eigenvalue weighted by atomic mass is 10.0. The molecule has 2 aromatic heterocycles. The number of nitrogens with zero attached hydrogens (tertiary/aromatic N) is 1. The predicted octanol–water partition coefficient (Wildman–Crippen LogP) is 6.37. The molecule has 4 nitrogen and oxygen atoms in total. The Hall–Kier alpha value is -2.88. The highest BCUT2D eigenvalue weighted by Gasteiger charge is 2.11. The molecule has 0 atom stereocenters. The summed E-state index contributed by atoms with van der Waals surface area (Å²) >= 11 is 0. The maximum atomic E-state index is 12.3. The Morgan fingerprint density at radius 3 is 2.38 bits per heavy atom. The molecule has 154 valence electrons. The molecule has 0 bridgehead atoms. The van der Waals surface area contributed by atoms with E-state index in [1.54, 1.807) is 24.5 Å². The van der Waals surface area contributed by atoms with Gasteiger partial charge in [0.1, 0.15) is 11.5 Å². The van der Waals surface area contributed by atoms with Gasteiger partial charge in [0, 0.05) is 30.4 Å². The molecule has 0 aliphatic carbocycles. The van der Waals surface area contributed by atoms with Crippen molar-refractivity contribution in [3.63, 3.8) is 0 Å². The highest BCUT2D eigenvalue weighted by molar-refractivity contribution is 5.57. The van der Waals surface area contributed by atoms with E-state index in [0.717, 1.165) is 25.7 Å². The number of aromatic nitrogens is 1. The summed E-state index contributed by atoms with van der Waals surface area (Å²) in [6.45, 7) is 8.47. The van der Waals surface area contributed by atoms with Crippen molar-refractivity contribution in [1.29, 1.82) is 0 Å². The minimum atomic E-state index is -0.511. The summed E-state index contributed by atoms with van der Waals surface area (Å²) in [5.41, 5.74) is 4.38. The van der Waals surface area contributed by atoms with E-state index >= 15 is 0 Å². The number of hydrogen-bond acceptors (Lipinski definition) is 4. The molecule has 0 fully saturated rings. The van der Waals surface area contributed by atoms with E-state index in [2.05, 4.69) is 44.8 Å². The van der Waals surface area contributed by atoms with E-state index in [9.17, 15) is 9.90 Å². The van der Waals surface area contributed by atoms with E-state index in [0.29, 0.717) is 17.7 Å². The van der Waals surface area contributed by atoms with Crippen molar-refractivity contribution in [3.05, 3.63) is 81.5 Å². The fraction of sp³-hybridized carbons (Fsp3) is 0.360. The molecule has 4 heteroatoms. The number of pyridine rings is 1. The van der Waals surface area contributed by atoms with Crippen molar-refractivity contribution in [2.75, 3.05) is 0 Å². The normalized spacial score (nSPS) is 12.1. The van der Waals surface area contributed by atoms with Crippen LogP contribution in [-0.2, 0) is 6.42 Å². The molecule has 2 aromatic rings. The maximum absolute atomic E-state index is 12.3. The van der Waals surface area contributed by atoms with Crippen LogP contribution in [0.3, 0.4) is 0 Å². The highest BCUT2D eigenvalue weighted by atomic mass is 16.4. The predicted molar refractivity (Wildman–Crippen MR) is 119 cm³/mol. The van der Waals surface area contributed by atoms with Crippen LogP contribution in [0.15, 0.2) is 74.8 Å². The minimum Gasteiger partial charge on any atom is -0.507 e. The highest BCUT2D eigenvalue weighted by Crippen LogP contribution is 2.24. The van der Waals surface area contributed by atoms with Gasteiger partial charge in [-0.15, -0.1) is 0 Å². The van der Waals surface area contributed by atoms with Crippen LogP contribution in [0, 0.1) is 0 Å². The zero-order chi connectivity index (χ0) is 21.2. The number of rotatable bonds is 9. The lowest BCUT2D eigenvalue weighted by Crippen LogP contribution is -2.07. The second-order valence-electron chi connectivity index (χ2n) is 7.67. The summed E-state index contributed by atoms with van der Waals surface area (Å²) in [5.74, 6) is 0.276. The molecule has 0 unspecified atom stereocenters. The molecule has 0 spiro atoms. The van der Waals surface area contributed by atoms with E-state index in [1.165, 1.54) is 22.8 Å². The third-order valence-electron chi connectivity index (χ3n) is 4.75. The minimum absolute atomic E-state index is 0.0424. The summed E-state index contributed by atoms with van der Waals surface area (Å²) in [6.07, 6.45) is 14.2. The molecule has 0 radical (unpaired) electrons. The smallest absolute Gasteiger partial charge is 0.343 e. The Morgan fingerprint density at radius 2 is 1.76 bits per heavy atom. The van der Waals surface area contributed by atoms with Crippen molar-refractivity contribution < 1.29 is 9.52 Å². The van der Waals surface area contributed by atoms with Gasteiger partial charge in [-0.2, -0.15) is 0 Å². The van der Waals surface area contributed by atoms with Gasteiger partial charge < -0.3 is 9.52 Å². The lowest BCUT2D eigenvalue weighted by Gasteiger charge is -2.05. The van der Waals surface area contributed by atoms with Crippen molar-refractivity contribution in [2.45, 2.75) is 59.8 Å². The van der Waals surface area contributed by atoms with E-state index in [4.69, 9.17) is 4.42 Å². The van der Waals surface area contributed by atoms with Crippen LogP contribution in [0.1, 0.15) is 58.9 Å². The summed E-state index contributed by atoms with van der Waals surface area (Å²) < 4.78 is 5.38. The van der Waals surface area contributed by atoms with E-state index < -0.39 is 5.63 Å². The van der Waals surface area contributed by atoms with Crippen molar-refractivity contribution in [3.8, 4) is 17.1 Å². The first-order valence-electron chi connectivity index (χ1n) is 10.1. The van der Waals surface area contributed by atoms with Gasteiger partial charge in [-0.25, -0.2) is 4.79 Å². The SMILES string of the molecule is CC(C)=CCC/C(C)=C/CC/C(C)=C/Cc1c(O)cc(-c2cccnc2)oc1=O. The Balaban J connectivity index is 1.95. The second-order valence-corrected chi connectivity index (χ2v) is 7.67. The largest absolute Gasteiger partial charge is 0.507 e. The standard InChI is InChI=1S/C25H31NO3/c1-18(2)8-5-9-19(3)10-6-11-20(4)13-14-22-23(27)16-24(29-25(22)28)21-12-7-15-26-17-21/h7-8,10,12-13,15-17,27H,5-6,9,11,14H2,1-4H3/b19-10+,20-13+. The van der Waals surface area contributed by atoms with Crippen LogP contribution in [0.2, 0.25) is 0 Å². The molecular weight excluding hydrogens is 362 g/mol. The van der Waals surface area contributed by atoms with Gasteiger partial charge in [0.05, 0.1) is 5.56 Å². The molecule has 0 aliphatic rings. The van der Waals surface area contributed by atoms with E-state index in [1.807, 2.05) is 6.08 Å². The van der Waals surface area contributed by atoms with Crippen molar-refractivity contribution in [1.82, 2.24) is 4.98 Å². The Labute approximate surface area is 173 Å². The van der Waals surface area contributed by atoms with Gasteiger partial charge in [-0.3, -0.25) is 4.98 Å². The summed E-state index contributed by atoms with van der Waals surface area (Å²) in [4.78, 5) is 16.3. The summed E-state index contributed by atoms with van der Waals surface area (Å²) in [7, 11) is 0. The molecular formula is C25H31NO3. The molecule has 0 saturated carbocycles. The quantitative estimate of drug-likeness (QED) is 0.503. The van der Waals surface area contributed by atoms with E-state index in [-0.39, 0.29) is 11.3 Å². The van der Waals surface area contributed by atoms with Gasteiger partial charge >= 0.3 is 5.63 Å². The molecule has 2 rings (SSSR count). The molecule has 0 aromatic carbocycles. The lowest BCUT2D eigenvalue weighted by molar-refractivity contribution is 0.443. The molecule has 0 amide bonds. The van der Waals surface area contributed by atoms with Crippen LogP contribution in [-0.4, -0.2) is 10.1 Å². The van der Waals surface area contributed by atoms with Gasteiger partial charge in [0.25, 0.3) is 0 Å². The van der Waals surface area contributed by atoms with Crippen LogP contribution in [0.25, 0.3) is 11.3 Å². The van der Waals surface area contributed by atoms with Crippen LogP contribution in [0.5, 0.6) is 5.75 Å². The van der Waals surface area contributed by atoms with Crippen LogP contribution < -0.4 is 5.63 Å². The third-order valence-corrected chi connectivity index (χ3v) is 4.75. The molecule has 0 aliphatic heterocycles. The first-order chi connectivity index (χ1) is 13.9.